The van der Waals surface area contributed by atoms with Gasteiger partial charge in [-0.2, -0.15) is 0 Å². The molecule has 0 aliphatic carbocycles. The van der Waals surface area contributed by atoms with Crippen LogP contribution in [0.15, 0.2) is 24.3 Å². The summed E-state index contributed by atoms with van der Waals surface area (Å²) in [6, 6.07) is 5.80. The van der Waals surface area contributed by atoms with E-state index in [4.69, 9.17) is 0 Å². The van der Waals surface area contributed by atoms with E-state index in [-0.39, 0.29) is 24.1 Å². The van der Waals surface area contributed by atoms with E-state index in [0.717, 1.165) is 12.8 Å². The van der Waals surface area contributed by atoms with Crippen LogP contribution in [0.5, 0.6) is 5.75 Å². The lowest BCUT2D eigenvalue weighted by Crippen LogP contribution is -2.30. The Bertz CT molecular complexity index is 460. The topological polar surface area (TPSA) is 38.3 Å². The molecule has 6 heteroatoms. The number of alkyl halides is 3. The second-order valence-electron chi connectivity index (χ2n) is 4.77. The van der Waals surface area contributed by atoms with Crippen molar-refractivity contribution >= 4 is 5.91 Å². The molecule has 0 saturated heterocycles. The molecule has 1 unspecified atom stereocenters. The highest BCUT2D eigenvalue weighted by Crippen LogP contribution is 2.26. The van der Waals surface area contributed by atoms with Crippen LogP contribution < -0.4 is 10.1 Å². The third-order valence-electron chi connectivity index (χ3n) is 3.15. The van der Waals surface area contributed by atoms with Gasteiger partial charge in [0, 0.05) is 18.0 Å². The number of hydrogen-bond donors (Lipinski definition) is 1. The van der Waals surface area contributed by atoms with Crippen LogP contribution >= 0.6 is 0 Å². The molecule has 0 heterocycles. The molecule has 1 amide bonds. The molecule has 0 aliphatic rings. The predicted molar refractivity (Wildman–Crippen MR) is 73.7 cm³/mol. The highest BCUT2D eigenvalue weighted by Gasteiger charge is 2.32. The first-order valence-corrected chi connectivity index (χ1v) is 6.98. The molecular weight excluding hydrogens is 283 g/mol. The molecule has 1 N–H and O–H groups in total. The Hall–Kier alpha value is -1.72. The van der Waals surface area contributed by atoms with Crippen molar-refractivity contribution in [3.05, 3.63) is 29.8 Å². The number of halogens is 3. The number of carbonyl (C=O) groups is 1. The quantitative estimate of drug-likeness (QED) is 0.826. The van der Waals surface area contributed by atoms with Crippen molar-refractivity contribution in [1.29, 1.82) is 0 Å². The molecule has 0 aliphatic heterocycles. The van der Waals surface area contributed by atoms with Crippen molar-refractivity contribution in [2.24, 2.45) is 5.92 Å². The average Bonchev–Trinajstić information content (AvgIpc) is 2.41. The van der Waals surface area contributed by atoms with Gasteiger partial charge >= 0.3 is 6.36 Å². The van der Waals surface area contributed by atoms with Gasteiger partial charge in [-0.1, -0.05) is 38.5 Å². The third-order valence-corrected chi connectivity index (χ3v) is 3.15. The van der Waals surface area contributed by atoms with Crippen molar-refractivity contribution in [2.45, 2.75) is 46.0 Å². The van der Waals surface area contributed by atoms with E-state index in [1.165, 1.54) is 18.2 Å². The second kappa shape index (κ2) is 7.90. The van der Waals surface area contributed by atoms with Crippen LogP contribution in [0.4, 0.5) is 13.2 Å². The van der Waals surface area contributed by atoms with Gasteiger partial charge in [0.25, 0.3) is 0 Å². The molecule has 0 radical (unpaired) electrons. The number of carbonyl (C=O) groups excluding carboxylic acids is 1. The predicted octanol–water partition coefficient (Wildman–Crippen LogP) is 4.03. The number of benzene rings is 1. The lowest BCUT2D eigenvalue weighted by molar-refractivity contribution is -0.274. The SMILES string of the molecule is CCCC(CC)C(=O)NCc1ccccc1OC(F)(F)F. The van der Waals surface area contributed by atoms with Gasteiger partial charge in [-0.3, -0.25) is 4.79 Å². The Kier molecular flexibility index (Phi) is 6.52. The molecule has 0 fully saturated rings. The van der Waals surface area contributed by atoms with E-state index in [2.05, 4.69) is 10.1 Å². The van der Waals surface area contributed by atoms with Gasteiger partial charge in [-0.25, -0.2) is 0 Å². The van der Waals surface area contributed by atoms with Crippen LogP contribution in [0.25, 0.3) is 0 Å². The molecule has 0 aromatic heterocycles. The summed E-state index contributed by atoms with van der Waals surface area (Å²) in [5, 5.41) is 2.67. The fraction of sp³-hybridized carbons (Fsp3) is 0.533. The Morgan fingerprint density at radius 3 is 2.52 bits per heavy atom. The monoisotopic (exact) mass is 303 g/mol. The van der Waals surface area contributed by atoms with Gasteiger partial charge in [0.15, 0.2) is 0 Å². The molecular formula is C15H20F3NO2. The van der Waals surface area contributed by atoms with E-state index in [1.54, 1.807) is 6.07 Å². The van der Waals surface area contributed by atoms with E-state index < -0.39 is 6.36 Å². The maximum absolute atomic E-state index is 12.3. The summed E-state index contributed by atoms with van der Waals surface area (Å²) in [6.07, 6.45) is -2.38. The van der Waals surface area contributed by atoms with Crippen LogP contribution in [-0.2, 0) is 11.3 Å². The number of rotatable bonds is 7. The first kappa shape index (κ1) is 17.3. The van der Waals surface area contributed by atoms with Gasteiger partial charge in [-0.15, -0.1) is 13.2 Å². The van der Waals surface area contributed by atoms with Crippen molar-refractivity contribution < 1.29 is 22.7 Å². The second-order valence-corrected chi connectivity index (χ2v) is 4.77. The highest BCUT2D eigenvalue weighted by atomic mass is 19.4. The first-order chi connectivity index (χ1) is 9.87. The van der Waals surface area contributed by atoms with Crippen LogP contribution in [0, 0.1) is 5.92 Å². The smallest absolute Gasteiger partial charge is 0.405 e. The zero-order chi connectivity index (χ0) is 15.9. The maximum Gasteiger partial charge on any atom is 0.573 e. The maximum atomic E-state index is 12.3. The number of para-hydroxylation sites is 1. The van der Waals surface area contributed by atoms with Crippen molar-refractivity contribution in [3.8, 4) is 5.75 Å². The summed E-state index contributed by atoms with van der Waals surface area (Å²) in [6.45, 7) is 3.92. The van der Waals surface area contributed by atoms with Crippen LogP contribution in [-0.4, -0.2) is 12.3 Å². The molecule has 0 spiro atoms. The van der Waals surface area contributed by atoms with Gasteiger partial charge in [0.05, 0.1) is 0 Å². The van der Waals surface area contributed by atoms with Crippen LogP contribution in [0.2, 0.25) is 0 Å². The van der Waals surface area contributed by atoms with E-state index in [9.17, 15) is 18.0 Å². The lowest BCUT2D eigenvalue weighted by atomic mass is 10.00. The van der Waals surface area contributed by atoms with Gasteiger partial charge in [0.2, 0.25) is 5.91 Å². The van der Waals surface area contributed by atoms with Crippen LogP contribution in [0.3, 0.4) is 0 Å². The van der Waals surface area contributed by atoms with E-state index in [0.29, 0.717) is 12.0 Å². The van der Waals surface area contributed by atoms with Crippen molar-refractivity contribution in [2.75, 3.05) is 0 Å². The Labute approximate surface area is 122 Å². The summed E-state index contributed by atoms with van der Waals surface area (Å²) in [4.78, 5) is 12.0. The summed E-state index contributed by atoms with van der Waals surface area (Å²) < 4.78 is 40.8. The Balaban J connectivity index is 2.69. The highest BCUT2D eigenvalue weighted by molar-refractivity contribution is 5.78. The normalized spacial score (nSPS) is 12.8. The van der Waals surface area contributed by atoms with Crippen LogP contribution in [0.1, 0.15) is 38.7 Å². The molecule has 0 bridgehead atoms. The molecule has 1 aromatic carbocycles. The number of hydrogen-bond acceptors (Lipinski definition) is 2. The first-order valence-electron chi connectivity index (χ1n) is 6.98. The zero-order valence-corrected chi connectivity index (χ0v) is 12.2. The fourth-order valence-electron chi connectivity index (χ4n) is 2.07. The van der Waals surface area contributed by atoms with Crippen molar-refractivity contribution in [1.82, 2.24) is 5.32 Å². The zero-order valence-electron chi connectivity index (χ0n) is 12.2. The molecule has 1 atom stereocenters. The summed E-state index contributed by atoms with van der Waals surface area (Å²) in [7, 11) is 0. The molecule has 21 heavy (non-hydrogen) atoms. The molecule has 0 saturated carbocycles. The Morgan fingerprint density at radius 1 is 1.29 bits per heavy atom. The molecule has 1 rings (SSSR count). The number of amides is 1. The largest absolute Gasteiger partial charge is 0.573 e. The molecule has 118 valence electrons. The molecule has 3 nitrogen and oxygen atoms in total. The minimum Gasteiger partial charge on any atom is -0.405 e. The summed E-state index contributed by atoms with van der Waals surface area (Å²) in [5.74, 6) is -0.527. The third kappa shape index (κ3) is 6.06. The minimum absolute atomic E-state index is 0.0191. The summed E-state index contributed by atoms with van der Waals surface area (Å²) >= 11 is 0. The van der Waals surface area contributed by atoms with Gasteiger partial charge in [-0.05, 0) is 18.9 Å². The van der Waals surface area contributed by atoms with Gasteiger partial charge in [0.1, 0.15) is 5.75 Å². The van der Waals surface area contributed by atoms with Gasteiger partial charge < -0.3 is 10.1 Å². The van der Waals surface area contributed by atoms with Crippen molar-refractivity contribution in [3.63, 3.8) is 0 Å². The minimum atomic E-state index is -4.74. The van der Waals surface area contributed by atoms with E-state index in [1.807, 2.05) is 13.8 Å². The number of nitrogens with one attached hydrogen (secondary N) is 1. The standard InChI is InChI=1S/C15H20F3NO2/c1-3-7-11(4-2)14(20)19-10-12-8-5-6-9-13(12)21-15(16,17)18/h5-6,8-9,11H,3-4,7,10H2,1-2H3,(H,19,20). The van der Waals surface area contributed by atoms with E-state index >= 15 is 0 Å². The molecule has 1 aromatic rings. The number of ether oxygens (including phenoxy) is 1. The lowest BCUT2D eigenvalue weighted by Gasteiger charge is -2.16. The average molecular weight is 303 g/mol. The summed E-state index contributed by atoms with van der Waals surface area (Å²) in [5.41, 5.74) is 0.300. The Morgan fingerprint density at radius 2 is 1.95 bits per heavy atom. The fourth-order valence-corrected chi connectivity index (χ4v) is 2.07.